The molecule has 0 radical (unpaired) electrons. The minimum absolute atomic E-state index is 0.275. The summed E-state index contributed by atoms with van der Waals surface area (Å²) < 4.78 is 0. The predicted octanol–water partition coefficient (Wildman–Crippen LogP) is 2.11. The third-order valence-corrected chi connectivity index (χ3v) is 3.22. The monoisotopic (exact) mass is 198 g/mol. The van der Waals surface area contributed by atoms with Crippen molar-refractivity contribution in [3.05, 3.63) is 0 Å². The Hall–Kier alpha value is -0.0800. The van der Waals surface area contributed by atoms with Crippen LogP contribution in [0.3, 0.4) is 0 Å². The van der Waals surface area contributed by atoms with Crippen LogP contribution in [0.2, 0.25) is 0 Å². The van der Waals surface area contributed by atoms with Gasteiger partial charge in [-0.3, -0.25) is 0 Å². The molecule has 1 saturated heterocycles. The number of hydrogen-bond donors (Lipinski definition) is 1. The molecular formula is C12H26N2. The molecule has 1 aliphatic rings. The number of likely N-dealkylation sites (tertiary alicyclic amines) is 1. The molecule has 1 aliphatic heterocycles. The Labute approximate surface area is 89.1 Å². The van der Waals surface area contributed by atoms with E-state index in [1.165, 1.54) is 32.5 Å². The molecule has 0 aromatic heterocycles. The lowest BCUT2D eigenvalue weighted by Gasteiger charge is -2.31. The summed E-state index contributed by atoms with van der Waals surface area (Å²) >= 11 is 0. The van der Waals surface area contributed by atoms with E-state index in [4.69, 9.17) is 0 Å². The van der Waals surface area contributed by atoms with Crippen LogP contribution < -0.4 is 5.32 Å². The highest BCUT2D eigenvalue weighted by molar-refractivity contribution is 4.85. The molecule has 14 heavy (non-hydrogen) atoms. The van der Waals surface area contributed by atoms with Gasteiger partial charge in [0.25, 0.3) is 0 Å². The quantitative estimate of drug-likeness (QED) is 0.728. The molecule has 1 rings (SSSR count). The van der Waals surface area contributed by atoms with Gasteiger partial charge in [0.05, 0.1) is 0 Å². The molecular weight excluding hydrogens is 172 g/mol. The Morgan fingerprint density at radius 1 is 1.36 bits per heavy atom. The van der Waals surface area contributed by atoms with Gasteiger partial charge in [-0.25, -0.2) is 0 Å². The molecule has 1 atom stereocenters. The third kappa shape index (κ3) is 3.58. The summed E-state index contributed by atoms with van der Waals surface area (Å²) in [6, 6.07) is 0. The summed E-state index contributed by atoms with van der Waals surface area (Å²) in [5, 5.41) is 3.54. The van der Waals surface area contributed by atoms with Gasteiger partial charge in [0.1, 0.15) is 0 Å². The van der Waals surface area contributed by atoms with Crippen LogP contribution in [0.5, 0.6) is 0 Å². The maximum Gasteiger partial charge on any atom is 0.0252 e. The minimum Gasteiger partial charge on any atom is -0.311 e. The molecule has 0 amide bonds. The zero-order valence-electron chi connectivity index (χ0n) is 10.3. The Kier molecular flexibility index (Phi) is 4.39. The van der Waals surface area contributed by atoms with Crippen molar-refractivity contribution < 1.29 is 0 Å². The second kappa shape index (κ2) is 5.13. The standard InChI is InChI=1S/C12H26N2/c1-5-11-7-8-14(9-11)10-12(3,4)13-6-2/h11,13H,5-10H2,1-4H3. The van der Waals surface area contributed by atoms with E-state index >= 15 is 0 Å². The van der Waals surface area contributed by atoms with E-state index in [1.54, 1.807) is 0 Å². The van der Waals surface area contributed by atoms with Crippen LogP contribution in [0.15, 0.2) is 0 Å². The second-order valence-corrected chi connectivity index (χ2v) is 5.21. The van der Waals surface area contributed by atoms with Gasteiger partial charge in [0, 0.05) is 18.6 Å². The SMILES string of the molecule is CCNC(C)(C)CN1CCC(CC)C1. The summed E-state index contributed by atoms with van der Waals surface area (Å²) in [5.74, 6) is 0.951. The molecule has 0 saturated carbocycles. The van der Waals surface area contributed by atoms with Gasteiger partial charge in [0.15, 0.2) is 0 Å². The predicted molar refractivity (Wildman–Crippen MR) is 62.6 cm³/mol. The zero-order chi connectivity index (χ0) is 10.6. The maximum absolute atomic E-state index is 3.54. The van der Waals surface area contributed by atoms with E-state index in [-0.39, 0.29) is 5.54 Å². The third-order valence-electron chi connectivity index (χ3n) is 3.22. The minimum atomic E-state index is 0.275. The van der Waals surface area contributed by atoms with Crippen molar-refractivity contribution in [1.29, 1.82) is 0 Å². The van der Waals surface area contributed by atoms with Gasteiger partial charge in [-0.1, -0.05) is 20.3 Å². The van der Waals surface area contributed by atoms with Crippen molar-refractivity contribution in [3.8, 4) is 0 Å². The molecule has 1 N–H and O–H groups in total. The van der Waals surface area contributed by atoms with Crippen molar-refractivity contribution in [2.24, 2.45) is 5.92 Å². The Morgan fingerprint density at radius 2 is 2.07 bits per heavy atom. The van der Waals surface area contributed by atoms with Gasteiger partial charge in [0.2, 0.25) is 0 Å². The van der Waals surface area contributed by atoms with Crippen molar-refractivity contribution >= 4 is 0 Å². The molecule has 0 aromatic rings. The van der Waals surface area contributed by atoms with Crippen LogP contribution in [0, 0.1) is 5.92 Å². The maximum atomic E-state index is 3.54. The molecule has 1 unspecified atom stereocenters. The van der Waals surface area contributed by atoms with E-state index in [9.17, 15) is 0 Å². The van der Waals surface area contributed by atoms with E-state index in [0.717, 1.165) is 12.5 Å². The first-order valence-electron chi connectivity index (χ1n) is 6.04. The Balaban J connectivity index is 2.31. The fourth-order valence-electron chi connectivity index (χ4n) is 2.48. The molecule has 1 heterocycles. The van der Waals surface area contributed by atoms with Gasteiger partial charge in [-0.15, -0.1) is 0 Å². The van der Waals surface area contributed by atoms with Crippen LogP contribution in [0.25, 0.3) is 0 Å². The van der Waals surface area contributed by atoms with Crippen LogP contribution in [-0.2, 0) is 0 Å². The zero-order valence-corrected chi connectivity index (χ0v) is 10.3. The fraction of sp³-hybridized carbons (Fsp3) is 1.00. The first-order chi connectivity index (χ1) is 6.57. The lowest BCUT2D eigenvalue weighted by atomic mass is 10.0. The lowest BCUT2D eigenvalue weighted by molar-refractivity contribution is 0.231. The summed E-state index contributed by atoms with van der Waals surface area (Å²) in [6.45, 7) is 14.0. The first-order valence-corrected chi connectivity index (χ1v) is 6.04. The first kappa shape index (κ1) is 12.0. The molecule has 0 aromatic carbocycles. The summed E-state index contributed by atoms with van der Waals surface area (Å²) in [6.07, 6.45) is 2.75. The van der Waals surface area contributed by atoms with Crippen molar-refractivity contribution in [3.63, 3.8) is 0 Å². The molecule has 2 nitrogen and oxygen atoms in total. The number of likely N-dealkylation sites (N-methyl/N-ethyl adjacent to an activating group) is 1. The highest BCUT2D eigenvalue weighted by atomic mass is 15.2. The normalized spacial score (nSPS) is 24.4. The highest BCUT2D eigenvalue weighted by Gasteiger charge is 2.26. The highest BCUT2D eigenvalue weighted by Crippen LogP contribution is 2.20. The summed E-state index contributed by atoms with van der Waals surface area (Å²) in [4.78, 5) is 2.61. The van der Waals surface area contributed by atoms with Crippen LogP contribution in [0.1, 0.15) is 40.5 Å². The smallest absolute Gasteiger partial charge is 0.0252 e. The summed E-state index contributed by atoms with van der Waals surface area (Å²) in [5.41, 5.74) is 0.275. The van der Waals surface area contributed by atoms with Crippen LogP contribution >= 0.6 is 0 Å². The lowest BCUT2D eigenvalue weighted by Crippen LogP contribution is -2.48. The number of hydrogen-bond acceptors (Lipinski definition) is 2. The number of nitrogens with zero attached hydrogens (tertiary/aromatic N) is 1. The second-order valence-electron chi connectivity index (χ2n) is 5.21. The van der Waals surface area contributed by atoms with Crippen molar-refractivity contribution in [1.82, 2.24) is 10.2 Å². The van der Waals surface area contributed by atoms with Crippen LogP contribution in [-0.4, -0.2) is 36.6 Å². The van der Waals surface area contributed by atoms with E-state index in [2.05, 4.69) is 37.9 Å². The van der Waals surface area contributed by atoms with Crippen LogP contribution in [0.4, 0.5) is 0 Å². The molecule has 0 spiro atoms. The molecule has 0 bridgehead atoms. The van der Waals surface area contributed by atoms with E-state index in [1.807, 2.05) is 0 Å². The molecule has 0 aliphatic carbocycles. The molecule has 2 heteroatoms. The fourth-order valence-corrected chi connectivity index (χ4v) is 2.48. The van der Waals surface area contributed by atoms with Gasteiger partial charge < -0.3 is 10.2 Å². The van der Waals surface area contributed by atoms with Crippen molar-refractivity contribution in [2.75, 3.05) is 26.2 Å². The number of nitrogens with one attached hydrogen (secondary N) is 1. The average molecular weight is 198 g/mol. The Morgan fingerprint density at radius 3 is 2.57 bits per heavy atom. The van der Waals surface area contributed by atoms with E-state index < -0.39 is 0 Å². The van der Waals surface area contributed by atoms with Gasteiger partial charge in [-0.05, 0) is 39.3 Å². The van der Waals surface area contributed by atoms with E-state index in [0.29, 0.717) is 0 Å². The van der Waals surface area contributed by atoms with Gasteiger partial charge >= 0.3 is 0 Å². The average Bonchev–Trinajstić information content (AvgIpc) is 2.51. The largest absolute Gasteiger partial charge is 0.311 e. The topological polar surface area (TPSA) is 15.3 Å². The van der Waals surface area contributed by atoms with Gasteiger partial charge in [-0.2, -0.15) is 0 Å². The van der Waals surface area contributed by atoms with Crippen molar-refractivity contribution in [2.45, 2.75) is 46.1 Å². The number of rotatable bonds is 5. The summed E-state index contributed by atoms with van der Waals surface area (Å²) in [7, 11) is 0. The molecule has 1 fully saturated rings. The Bertz CT molecular complexity index is 166. The molecule has 84 valence electrons.